The van der Waals surface area contributed by atoms with E-state index in [-0.39, 0.29) is 38.0 Å². The molecule has 0 saturated heterocycles. The molecule has 6 heteroatoms. The first-order chi connectivity index (χ1) is 32.5. The van der Waals surface area contributed by atoms with Crippen molar-refractivity contribution >= 4 is 17.9 Å². The van der Waals surface area contributed by atoms with Gasteiger partial charge in [0.2, 0.25) is 0 Å². The van der Waals surface area contributed by atoms with E-state index < -0.39 is 12.1 Å². The Labute approximate surface area is 403 Å². The molecular weight excluding hydrogens is 817 g/mol. The molecule has 0 aromatic heterocycles. The molecule has 0 saturated carbocycles. The molecule has 0 aromatic rings. The van der Waals surface area contributed by atoms with E-state index in [1.165, 1.54) is 51.4 Å². The van der Waals surface area contributed by atoms with E-state index in [9.17, 15) is 14.4 Å². The second kappa shape index (κ2) is 52.7. The van der Waals surface area contributed by atoms with Crippen molar-refractivity contribution in [2.45, 2.75) is 187 Å². The first kappa shape index (κ1) is 61.0. The Balaban J connectivity index is 4.65. The summed E-state index contributed by atoms with van der Waals surface area (Å²) in [6.07, 6.45) is 76.6. The summed E-state index contributed by atoms with van der Waals surface area (Å²) in [4.78, 5) is 37.9. The molecular formula is C60H90O6. The molecule has 0 fully saturated rings. The summed E-state index contributed by atoms with van der Waals surface area (Å²) in [5.74, 6) is -1.11. The minimum absolute atomic E-state index is 0.142. The number of carbonyl (C=O) groups excluding carboxylic acids is 3. The zero-order valence-electron chi connectivity index (χ0n) is 41.6. The van der Waals surface area contributed by atoms with Gasteiger partial charge in [-0.15, -0.1) is 0 Å². The van der Waals surface area contributed by atoms with Crippen molar-refractivity contribution in [3.05, 3.63) is 158 Å². The molecule has 0 aliphatic heterocycles. The third kappa shape index (κ3) is 50.0. The van der Waals surface area contributed by atoms with Crippen molar-refractivity contribution in [2.75, 3.05) is 13.2 Å². The molecule has 0 spiro atoms. The van der Waals surface area contributed by atoms with Gasteiger partial charge in [-0.2, -0.15) is 0 Å². The van der Waals surface area contributed by atoms with Crippen LogP contribution in [-0.4, -0.2) is 37.2 Å². The second-order valence-corrected chi connectivity index (χ2v) is 16.2. The van der Waals surface area contributed by atoms with Crippen LogP contribution in [0.3, 0.4) is 0 Å². The Morgan fingerprint density at radius 3 is 1.20 bits per heavy atom. The van der Waals surface area contributed by atoms with E-state index in [0.29, 0.717) is 19.3 Å². The fourth-order valence-electron chi connectivity index (χ4n) is 6.16. The SMILES string of the molecule is CC\C=C/C=C\C=C/C=C\C=C/CCCC(=O)OCC(COC(=O)CCCCCCC\C=C/C=C\C=C/C=C\C=C/CCC)OC(=O)CCC/C=C\C/C=C\C/C=C\CCCCCCCC. The van der Waals surface area contributed by atoms with Crippen molar-refractivity contribution < 1.29 is 28.6 Å². The molecule has 0 rings (SSSR count). The number of hydrogen-bond acceptors (Lipinski definition) is 6. The van der Waals surface area contributed by atoms with E-state index in [0.717, 1.165) is 77.0 Å². The summed E-state index contributed by atoms with van der Waals surface area (Å²) in [6, 6.07) is 0. The van der Waals surface area contributed by atoms with E-state index in [2.05, 4.69) is 87.6 Å². The zero-order chi connectivity index (χ0) is 47.9. The molecule has 0 heterocycles. The molecule has 6 nitrogen and oxygen atoms in total. The summed E-state index contributed by atoms with van der Waals surface area (Å²) in [5, 5.41) is 0. The van der Waals surface area contributed by atoms with Gasteiger partial charge in [0, 0.05) is 19.3 Å². The summed E-state index contributed by atoms with van der Waals surface area (Å²) in [5.41, 5.74) is 0. The average molecular weight is 907 g/mol. The maximum Gasteiger partial charge on any atom is 0.306 e. The molecule has 0 aromatic carbocycles. The highest BCUT2D eigenvalue weighted by Gasteiger charge is 2.19. The van der Waals surface area contributed by atoms with E-state index in [1.54, 1.807) is 0 Å². The van der Waals surface area contributed by atoms with Crippen LogP contribution in [0.5, 0.6) is 0 Å². The fourth-order valence-corrected chi connectivity index (χ4v) is 6.16. The Kier molecular flexibility index (Phi) is 48.7. The van der Waals surface area contributed by atoms with E-state index in [4.69, 9.17) is 14.2 Å². The van der Waals surface area contributed by atoms with Gasteiger partial charge in [-0.1, -0.05) is 237 Å². The van der Waals surface area contributed by atoms with Crippen LogP contribution in [0, 0.1) is 0 Å². The Hall–Kier alpha value is -4.97. The highest BCUT2D eigenvalue weighted by molar-refractivity contribution is 5.71. The Bertz CT molecular complexity index is 1560. The lowest BCUT2D eigenvalue weighted by Crippen LogP contribution is -2.30. The quantitative estimate of drug-likeness (QED) is 0.0199. The van der Waals surface area contributed by atoms with Crippen LogP contribution in [0.4, 0.5) is 0 Å². The summed E-state index contributed by atoms with van der Waals surface area (Å²) >= 11 is 0. The smallest absolute Gasteiger partial charge is 0.306 e. The summed E-state index contributed by atoms with van der Waals surface area (Å²) in [7, 11) is 0. The summed E-state index contributed by atoms with van der Waals surface area (Å²) in [6.45, 7) is 6.24. The van der Waals surface area contributed by atoms with E-state index >= 15 is 0 Å². The molecule has 0 radical (unpaired) electrons. The first-order valence-electron chi connectivity index (χ1n) is 25.6. The molecule has 1 atom stereocenters. The minimum atomic E-state index is -0.852. The van der Waals surface area contributed by atoms with Gasteiger partial charge in [0.25, 0.3) is 0 Å². The molecule has 0 aliphatic rings. The number of ether oxygens (including phenoxy) is 3. The molecule has 366 valence electrons. The summed E-state index contributed by atoms with van der Waals surface area (Å²) < 4.78 is 16.6. The number of hydrogen-bond donors (Lipinski definition) is 0. The van der Waals surface area contributed by atoms with Crippen molar-refractivity contribution in [3.8, 4) is 0 Å². The van der Waals surface area contributed by atoms with Crippen LogP contribution in [0.15, 0.2) is 158 Å². The molecule has 0 N–H and O–H groups in total. The lowest BCUT2D eigenvalue weighted by molar-refractivity contribution is -0.167. The van der Waals surface area contributed by atoms with Gasteiger partial charge in [-0.25, -0.2) is 0 Å². The maximum absolute atomic E-state index is 12.8. The second-order valence-electron chi connectivity index (χ2n) is 16.2. The van der Waals surface area contributed by atoms with Gasteiger partial charge in [-0.3, -0.25) is 14.4 Å². The predicted molar refractivity (Wildman–Crippen MR) is 283 cm³/mol. The van der Waals surface area contributed by atoms with Gasteiger partial charge < -0.3 is 14.2 Å². The number of allylic oxidation sites excluding steroid dienone is 26. The van der Waals surface area contributed by atoms with Gasteiger partial charge in [0.05, 0.1) is 0 Å². The van der Waals surface area contributed by atoms with Crippen molar-refractivity contribution in [2.24, 2.45) is 0 Å². The lowest BCUT2D eigenvalue weighted by atomic mass is 10.1. The Morgan fingerprint density at radius 1 is 0.333 bits per heavy atom. The number of esters is 3. The topological polar surface area (TPSA) is 78.9 Å². The number of unbranched alkanes of at least 4 members (excludes halogenated alkanes) is 14. The lowest BCUT2D eigenvalue weighted by Gasteiger charge is -2.18. The first-order valence-corrected chi connectivity index (χ1v) is 25.6. The van der Waals surface area contributed by atoms with Crippen LogP contribution in [0.1, 0.15) is 181 Å². The van der Waals surface area contributed by atoms with Crippen LogP contribution in [0.2, 0.25) is 0 Å². The highest BCUT2D eigenvalue weighted by Crippen LogP contribution is 2.11. The van der Waals surface area contributed by atoms with Crippen LogP contribution in [0.25, 0.3) is 0 Å². The zero-order valence-corrected chi connectivity index (χ0v) is 41.6. The molecule has 0 bridgehead atoms. The third-order valence-electron chi connectivity index (χ3n) is 9.97. The van der Waals surface area contributed by atoms with Crippen LogP contribution < -0.4 is 0 Å². The monoisotopic (exact) mass is 907 g/mol. The van der Waals surface area contributed by atoms with Crippen molar-refractivity contribution in [1.29, 1.82) is 0 Å². The number of rotatable bonds is 43. The maximum atomic E-state index is 12.8. The highest BCUT2D eigenvalue weighted by atomic mass is 16.6. The average Bonchev–Trinajstić information content (AvgIpc) is 3.31. The molecule has 0 aliphatic carbocycles. The van der Waals surface area contributed by atoms with Gasteiger partial charge in [-0.05, 0) is 83.5 Å². The fraction of sp³-hybridized carbons (Fsp3) is 0.517. The van der Waals surface area contributed by atoms with Crippen molar-refractivity contribution in [3.63, 3.8) is 0 Å². The van der Waals surface area contributed by atoms with Gasteiger partial charge in [0.1, 0.15) is 13.2 Å². The van der Waals surface area contributed by atoms with Crippen LogP contribution in [-0.2, 0) is 28.6 Å². The number of carbonyl (C=O) groups is 3. The third-order valence-corrected chi connectivity index (χ3v) is 9.97. The normalized spacial score (nSPS) is 13.4. The predicted octanol–water partition coefficient (Wildman–Crippen LogP) is 17.0. The standard InChI is InChI=1S/C60H90O6/c1-4-7-10-13-16-19-22-25-27-29-31-32-35-38-41-44-47-50-53-59(62)65-56-57(55-64-58(61)52-49-46-43-40-37-34-24-21-18-15-12-9-6-3)66-60(63)54-51-48-45-42-39-36-33-30-28-26-23-20-17-14-11-8-5-2/h9-10,12-13,15-16,18-19,21-22,24-29,31-34,36-37,40,42-43,45,57H,4-8,11,14,17,20,23,30,35,38-39,41,44,46-56H2,1-3H3/b12-9-,13-10-,18-15-,19-16-,24-21-,25-22-,28-26-,29-27-,32-31-,36-33-,37-34-,43-40-,45-42-. The van der Waals surface area contributed by atoms with Gasteiger partial charge in [0.15, 0.2) is 6.10 Å². The van der Waals surface area contributed by atoms with E-state index in [1.807, 2.05) is 91.1 Å². The molecule has 0 amide bonds. The Morgan fingerprint density at radius 2 is 0.697 bits per heavy atom. The minimum Gasteiger partial charge on any atom is -0.462 e. The van der Waals surface area contributed by atoms with Gasteiger partial charge >= 0.3 is 17.9 Å². The van der Waals surface area contributed by atoms with Crippen LogP contribution >= 0.6 is 0 Å². The largest absolute Gasteiger partial charge is 0.462 e. The molecule has 1 unspecified atom stereocenters. The van der Waals surface area contributed by atoms with Crippen molar-refractivity contribution in [1.82, 2.24) is 0 Å². The molecule has 66 heavy (non-hydrogen) atoms.